The molecule has 4 heteroatoms. The predicted octanol–water partition coefficient (Wildman–Crippen LogP) is 15.1. The second-order valence-electron chi connectivity index (χ2n) is 24.1. The van der Waals surface area contributed by atoms with Crippen molar-refractivity contribution in [3.8, 4) is 11.1 Å². The van der Waals surface area contributed by atoms with Crippen molar-refractivity contribution in [2.45, 2.75) is 146 Å². The van der Waals surface area contributed by atoms with Crippen LogP contribution in [0.3, 0.4) is 0 Å². The average Bonchev–Trinajstić information content (AvgIpc) is 3.71. The molecule has 2 fully saturated rings. The zero-order valence-corrected chi connectivity index (χ0v) is 42.4. The van der Waals surface area contributed by atoms with E-state index < -0.39 is 0 Å². The molecule has 4 unspecified atom stereocenters. The fraction of sp³-hybridized carbons (Fsp3) is 0.354. The van der Waals surface area contributed by atoms with Gasteiger partial charge in [-0.15, -0.1) is 0 Å². The predicted molar refractivity (Wildman–Crippen MR) is 294 cm³/mol. The topological polar surface area (TPSA) is 9.72 Å². The molecule has 0 N–H and O–H groups in total. The first-order valence-electron chi connectivity index (χ1n) is 27.2. The van der Waals surface area contributed by atoms with Gasteiger partial charge in [-0.3, -0.25) is 0 Å². The number of hydrogen-bond donors (Lipinski definition) is 0. The number of rotatable bonds is 5. The molecule has 2 saturated carbocycles. The summed E-state index contributed by atoms with van der Waals surface area (Å²) >= 11 is 0. The Kier molecular flexibility index (Phi) is 8.60. The molecule has 2 aliphatic carbocycles. The van der Waals surface area contributed by atoms with Crippen LogP contribution in [0.25, 0.3) is 11.1 Å². The van der Waals surface area contributed by atoms with Crippen LogP contribution in [-0.4, -0.2) is 17.8 Å². The van der Waals surface area contributed by atoms with Crippen LogP contribution in [-0.2, 0) is 21.7 Å². The van der Waals surface area contributed by atoms with E-state index in [9.17, 15) is 2.74 Å². The molecule has 13 rings (SSSR count). The molecule has 0 radical (unpaired) electrons. The van der Waals surface area contributed by atoms with Gasteiger partial charge in [-0.05, 0) is 131 Å². The molecule has 0 bridgehead atoms. The molecular weight excluding hydrogens is 834 g/mol. The average molecular weight is 904 g/mol. The normalized spacial score (nSPS) is 25.5. The summed E-state index contributed by atoms with van der Waals surface area (Å²) in [7, 11) is 0. The van der Waals surface area contributed by atoms with Crippen molar-refractivity contribution in [2.24, 2.45) is 0 Å². The fourth-order valence-electron chi connectivity index (χ4n) is 14.9. The monoisotopic (exact) mass is 904 g/mol. The van der Waals surface area contributed by atoms with E-state index in [0.29, 0.717) is 12.1 Å². The Morgan fingerprint density at radius 3 is 1.83 bits per heavy atom. The standard InChI is InChI=1S/C65H68BN3/c1-60(2,3)45-32-34-53(48(39-45)43-23-12-10-13-24-43)67-55-40-46(61(4,5)44-25-14-11-15-26-44)31-33-51(55)66-52-29-22-28-50-59(52)69(65(9)38-21-19-36-63(50,65)7)57-42-47(41-56(67)58(57)66)68-54-30-17-16-27-49(54)62(6)35-18-20-37-64(62,68)8/h10-17,22-34,39-42H,18-21,35-38H2,1-9H3/i41D,42D. The first-order valence-corrected chi connectivity index (χ1v) is 26.2. The van der Waals surface area contributed by atoms with Crippen molar-refractivity contribution in [3.05, 3.63) is 179 Å². The lowest BCUT2D eigenvalue weighted by molar-refractivity contribution is 0.194. The Bertz CT molecular complexity index is 3360. The number of hydrogen-bond acceptors (Lipinski definition) is 3. The summed E-state index contributed by atoms with van der Waals surface area (Å²) in [6.07, 6.45) is 8.87. The molecule has 0 aromatic heterocycles. The zero-order chi connectivity index (χ0) is 49.2. The van der Waals surface area contributed by atoms with E-state index in [1.807, 2.05) is 0 Å². The highest BCUT2D eigenvalue weighted by Gasteiger charge is 2.62. The van der Waals surface area contributed by atoms with Crippen molar-refractivity contribution in [2.75, 3.05) is 14.7 Å². The van der Waals surface area contributed by atoms with Gasteiger partial charge in [-0.25, -0.2) is 0 Å². The van der Waals surface area contributed by atoms with Crippen molar-refractivity contribution < 1.29 is 2.74 Å². The molecule has 4 aliphatic heterocycles. The summed E-state index contributed by atoms with van der Waals surface area (Å²) in [4.78, 5) is 7.77. The second-order valence-corrected chi connectivity index (χ2v) is 24.1. The van der Waals surface area contributed by atoms with Gasteiger partial charge in [0.25, 0.3) is 6.71 Å². The van der Waals surface area contributed by atoms with E-state index >= 15 is 0 Å². The number of fused-ring (bicyclic) bond motifs is 10. The van der Waals surface area contributed by atoms with E-state index in [1.165, 1.54) is 57.3 Å². The maximum absolute atomic E-state index is 11.3. The molecule has 69 heavy (non-hydrogen) atoms. The number of benzene rings is 7. The number of para-hydroxylation sites is 2. The van der Waals surface area contributed by atoms with Crippen LogP contribution in [0.15, 0.2) is 152 Å². The highest BCUT2D eigenvalue weighted by molar-refractivity contribution is 7.00. The molecule has 3 nitrogen and oxygen atoms in total. The molecule has 6 aliphatic rings. The third-order valence-corrected chi connectivity index (χ3v) is 19.4. The van der Waals surface area contributed by atoms with Crippen LogP contribution in [0, 0.1) is 0 Å². The smallest absolute Gasteiger partial charge is 0.252 e. The molecule has 7 aromatic carbocycles. The molecule has 7 aromatic rings. The third kappa shape index (κ3) is 5.64. The van der Waals surface area contributed by atoms with Crippen molar-refractivity contribution in [1.82, 2.24) is 0 Å². The van der Waals surface area contributed by atoms with Gasteiger partial charge in [-0.1, -0.05) is 189 Å². The first-order chi connectivity index (χ1) is 34.0. The van der Waals surface area contributed by atoms with Gasteiger partial charge in [0.15, 0.2) is 0 Å². The van der Waals surface area contributed by atoms with Gasteiger partial charge in [-0.2, -0.15) is 0 Å². The van der Waals surface area contributed by atoms with Crippen molar-refractivity contribution in [1.29, 1.82) is 0 Å². The lowest BCUT2D eigenvalue weighted by Gasteiger charge is -2.54. The van der Waals surface area contributed by atoms with Crippen molar-refractivity contribution in [3.63, 3.8) is 0 Å². The van der Waals surface area contributed by atoms with Crippen LogP contribution in [0.5, 0.6) is 0 Å². The molecule has 0 spiro atoms. The minimum absolute atomic E-state index is 0.0931. The molecule has 4 atom stereocenters. The summed E-state index contributed by atoms with van der Waals surface area (Å²) in [5, 5.41) is 0. The number of nitrogens with zero attached hydrogens (tertiary/aromatic N) is 3. The quantitative estimate of drug-likeness (QED) is 0.159. The van der Waals surface area contributed by atoms with Crippen LogP contribution >= 0.6 is 0 Å². The summed E-state index contributed by atoms with van der Waals surface area (Å²) in [6, 6.07) is 53.4. The molecular formula is C65H68BN3. The fourth-order valence-corrected chi connectivity index (χ4v) is 14.9. The lowest BCUT2D eigenvalue weighted by atomic mass is 9.33. The molecule has 0 amide bonds. The Labute approximate surface area is 415 Å². The minimum Gasteiger partial charge on any atom is -0.335 e. The summed E-state index contributed by atoms with van der Waals surface area (Å²) in [6.45, 7) is 21.5. The third-order valence-electron chi connectivity index (χ3n) is 19.4. The van der Waals surface area contributed by atoms with Gasteiger partial charge >= 0.3 is 0 Å². The maximum Gasteiger partial charge on any atom is 0.252 e. The summed E-state index contributed by atoms with van der Waals surface area (Å²) < 4.78 is 22.5. The lowest BCUT2D eigenvalue weighted by Crippen LogP contribution is -2.64. The van der Waals surface area contributed by atoms with Gasteiger partial charge in [0.2, 0.25) is 0 Å². The van der Waals surface area contributed by atoms with Crippen LogP contribution in [0.2, 0.25) is 0 Å². The van der Waals surface area contributed by atoms with Gasteiger partial charge < -0.3 is 14.7 Å². The maximum atomic E-state index is 11.3. The largest absolute Gasteiger partial charge is 0.335 e. The van der Waals surface area contributed by atoms with E-state index in [1.54, 1.807) is 0 Å². The van der Waals surface area contributed by atoms with E-state index in [4.69, 9.17) is 0 Å². The second kappa shape index (κ2) is 14.5. The van der Waals surface area contributed by atoms with E-state index in [0.717, 1.165) is 89.2 Å². The molecule has 0 saturated heterocycles. The van der Waals surface area contributed by atoms with Gasteiger partial charge in [0.05, 0.1) is 19.5 Å². The SMILES string of the molecule is [2H]c1c2c3c(c([2H])c1N1c4ccccc4C4(C)CCCCC14C)N1c4c(cccc4C4(C)CCCCC14C)B3c1ccc(C(C)(C)c3ccccc3)cc1N2c1ccc(C(C)(C)C)cc1-c1ccccc1. The van der Waals surface area contributed by atoms with Gasteiger partial charge in [0, 0.05) is 55.9 Å². The summed E-state index contributed by atoms with van der Waals surface area (Å²) in [5.41, 5.74) is 18.5. The zero-order valence-electron chi connectivity index (χ0n) is 44.4. The first kappa shape index (κ1) is 40.8. The Balaban J connectivity index is 1.21. The summed E-state index contributed by atoms with van der Waals surface area (Å²) in [5.74, 6) is 0. The Hall–Kier alpha value is -6.00. The molecule has 346 valence electrons. The number of anilines is 7. The van der Waals surface area contributed by atoms with Crippen LogP contribution in [0.4, 0.5) is 39.8 Å². The van der Waals surface area contributed by atoms with Crippen LogP contribution < -0.4 is 31.1 Å². The molecule has 4 heterocycles. The van der Waals surface area contributed by atoms with Crippen molar-refractivity contribution >= 4 is 62.9 Å². The minimum atomic E-state index is -0.346. The van der Waals surface area contributed by atoms with E-state index in [2.05, 4.69) is 217 Å². The highest BCUT2D eigenvalue weighted by atomic mass is 15.3. The Morgan fingerprint density at radius 1 is 0.493 bits per heavy atom. The van der Waals surface area contributed by atoms with E-state index in [-0.39, 0.29) is 39.5 Å². The van der Waals surface area contributed by atoms with Gasteiger partial charge in [0.1, 0.15) is 0 Å². The van der Waals surface area contributed by atoms with Crippen LogP contribution in [0.1, 0.15) is 144 Å². The Morgan fingerprint density at radius 2 is 1.10 bits per heavy atom. The highest BCUT2D eigenvalue weighted by Crippen LogP contribution is 2.65.